The van der Waals surface area contributed by atoms with Crippen LogP contribution in [0.5, 0.6) is 5.75 Å². The molecule has 4 nitrogen and oxygen atoms in total. The summed E-state index contributed by atoms with van der Waals surface area (Å²) in [5.74, 6) is 0.267. The van der Waals surface area contributed by atoms with Crippen molar-refractivity contribution in [2.24, 2.45) is 0 Å². The second-order valence-electron chi connectivity index (χ2n) is 6.28. The summed E-state index contributed by atoms with van der Waals surface area (Å²) in [6.07, 6.45) is 0. The number of carbonyl (C=O) groups excluding carboxylic acids is 1. The zero-order chi connectivity index (χ0) is 18.5. The van der Waals surface area contributed by atoms with Crippen molar-refractivity contribution in [3.8, 4) is 16.3 Å². The summed E-state index contributed by atoms with van der Waals surface area (Å²) in [6.45, 7) is 6.07. The largest absolute Gasteiger partial charge is 0.482 e. The van der Waals surface area contributed by atoms with Crippen molar-refractivity contribution >= 4 is 17.3 Å². The molecule has 0 fully saturated rings. The highest BCUT2D eigenvalue weighted by atomic mass is 32.1. The molecule has 0 unspecified atom stereocenters. The smallest absolute Gasteiger partial charge is 0.344 e. The van der Waals surface area contributed by atoms with Gasteiger partial charge in [0.1, 0.15) is 17.4 Å². The Morgan fingerprint density at radius 2 is 1.69 bits per heavy atom. The van der Waals surface area contributed by atoms with Crippen molar-refractivity contribution in [1.82, 2.24) is 4.98 Å². The fourth-order valence-corrected chi connectivity index (χ4v) is 3.37. The van der Waals surface area contributed by atoms with Crippen LogP contribution in [0.15, 0.2) is 47.8 Å². The molecule has 26 heavy (non-hydrogen) atoms. The number of esters is 1. The Balaban J connectivity index is 1.51. The van der Waals surface area contributed by atoms with E-state index in [0.29, 0.717) is 5.75 Å². The molecule has 0 spiro atoms. The van der Waals surface area contributed by atoms with Crippen molar-refractivity contribution in [3.63, 3.8) is 0 Å². The molecule has 0 radical (unpaired) electrons. The summed E-state index contributed by atoms with van der Waals surface area (Å²) in [7, 11) is 0. The fraction of sp³-hybridized carbons (Fsp3) is 0.238. The maximum absolute atomic E-state index is 11.9. The number of hydrogen-bond donors (Lipinski definition) is 0. The van der Waals surface area contributed by atoms with Gasteiger partial charge in [-0.05, 0) is 44.0 Å². The highest BCUT2D eigenvalue weighted by molar-refractivity contribution is 7.13. The summed E-state index contributed by atoms with van der Waals surface area (Å²) >= 11 is 1.54. The first-order chi connectivity index (χ1) is 12.5. The second-order valence-corrected chi connectivity index (χ2v) is 7.14. The van der Waals surface area contributed by atoms with Gasteiger partial charge in [0, 0.05) is 10.9 Å². The summed E-state index contributed by atoms with van der Waals surface area (Å²) < 4.78 is 10.8. The van der Waals surface area contributed by atoms with Gasteiger partial charge < -0.3 is 9.47 Å². The van der Waals surface area contributed by atoms with Gasteiger partial charge in [0.15, 0.2) is 6.61 Å². The van der Waals surface area contributed by atoms with E-state index in [1.807, 2.05) is 43.5 Å². The third kappa shape index (κ3) is 4.92. The fourth-order valence-electron chi connectivity index (χ4n) is 2.56. The van der Waals surface area contributed by atoms with Crippen LogP contribution in [0.1, 0.15) is 22.4 Å². The van der Waals surface area contributed by atoms with E-state index in [9.17, 15) is 4.79 Å². The van der Waals surface area contributed by atoms with Crippen LogP contribution < -0.4 is 4.74 Å². The molecule has 0 saturated carbocycles. The highest BCUT2D eigenvalue weighted by Gasteiger charge is 2.09. The van der Waals surface area contributed by atoms with Gasteiger partial charge in [0.25, 0.3) is 0 Å². The maximum atomic E-state index is 11.9. The molecule has 134 valence electrons. The number of benzene rings is 2. The molecule has 0 bridgehead atoms. The predicted octanol–water partition coefficient (Wildman–Crippen LogP) is 4.86. The molecule has 2 aromatic carbocycles. The molecule has 0 aliphatic heterocycles. The normalized spacial score (nSPS) is 10.6. The number of hydrogen-bond acceptors (Lipinski definition) is 5. The first-order valence-electron chi connectivity index (χ1n) is 8.38. The lowest BCUT2D eigenvalue weighted by molar-refractivity contribution is -0.147. The molecular weight excluding hydrogens is 346 g/mol. The zero-order valence-corrected chi connectivity index (χ0v) is 15.9. The van der Waals surface area contributed by atoms with Gasteiger partial charge in [-0.3, -0.25) is 0 Å². The van der Waals surface area contributed by atoms with Gasteiger partial charge in [-0.25, -0.2) is 9.78 Å². The van der Waals surface area contributed by atoms with E-state index in [-0.39, 0.29) is 13.2 Å². The molecule has 3 aromatic rings. The van der Waals surface area contributed by atoms with E-state index in [0.717, 1.165) is 27.4 Å². The Morgan fingerprint density at radius 1 is 1.00 bits per heavy atom. The van der Waals surface area contributed by atoms with E-state index in [2.05, 4.69) is 30.1 Å². The molecular formula is C21H21NO3S. The summed E-state index contributed by atoms with van der Waals surface area (Å²) in [5.41, 5.74) is 5.21. The summed E-state index contributed by atoms with van der Waals surface area (Å²) in [4.78, 5) is 16.4. The minimum atomic E-state index is -0.408. The molecule has 0 saturated heterocycles. The Kier molecular flexibility index (Phi) is 5.68. The number of nitrogens with zero attached hydrogens (tertiary/aromatic N) is 1. The van der Waals surface area contributed by atoms with Crippen molar-refractivity contribution in [2.75, 3.05) is 6.61 Å². The van der Waals surface area contributed by atoms with Crippen molar-refractivity contribution < 1.29 is 14.3 Å². The Morgan fingerprint density at radius 3 is 2.38 bits per heavy atom. The molecule has 0 N–H and O–H groups in total. The molecule has 1 heterocycles. The van der Waals surface area contributed by atoms with Gasteiger partial charge in [0.2, 0.25) is 0 Å². The minimum absolute atomic E-state index is 0.113. The average Bonchev–Trinajstić information content (AvgIpc) is 3.07. The van der Waals surface area contributed by atoms with E-state index < -0.39 is 5.97 Å². The van der Waals surface area contributed by atoms with E-state index in [1.54, 1.807) is 0 Å². The lowest BCUT2D eigenvalue weighted by atomic mass is 10.1. The molecule has 0 aliphatic carbocycles. The second kappa shape index (κ2) is 8.15. The molecule has 5 heteroatoms. The SMILES string of the molecule is Cc1ccc(-c2nc(COC(=O)COc3cc(C)cc(C)c3)cs2)cc1. The van der Waals surface area contributed by atoms with Crippen LogP contribution in [-0.4, -0.2) is 17.6 Å². The lowest BCUT2D eigenvalue weighted by Crippen LogP contribution is -2.15. The number of aromatic nitrogens is 1. The predicted molar refractivity (Wildman–Crippen MR) is 103 cm³/mol. The van der Waals surface area contributed by atoms with Crippen molar-refractivity contribution in [3.05, 3.63) is 70.2 Å². The Hall–Kier alpha value is -2.66. The zero-order valence-electron chi connectivity index (χ0n) is 15.1. The maximum Gasteiger partial charge on any atom is 0.344 e. The molecule has 1 aromatic heterocycles. The number of thiazole rings is 1. The highest BCUT2D eigenvalue weighted by Crippen LogP contribution is 2.24. The number of rotatable bonds is 6. The molecule has 3 rings (SSSR count). The molecule has 0 amide bonds. The van der Waals surface area contributed by atoms with Crippen molar-refractivity contribution in [2.45, 2.75) is 27.4 Å². The van der Waals surface area contributed by atoms with Gasteiger partial charge >= 0.3 is 5.97 Å². The average molecular weight is 367 g/mol. The first-order valence-corrected chi connectivity index (χ1v) is 9.26. The van der Waals surface area contributed by atoms with E-state index in [4.69, 9.17) is 9.47 Å². The van der Waals surface area contributed by atoms with Crippen LogP contribution in [0.3, 0.4) is 0 Å². The number of aryl methyl sites for hydroxylation is 3. The van der Waals surface area contributed by atoms with Gasteiger partial charge in [-0.15, -0.1) is 11.3 Å². The van der Waals surface area contributed by atoms with Gasteiger partial charge in [-0.2, -0.15) is 0 Å². The van der Waals surface area contributed by atoms with Crippen LogP contribution in [0.25, 0.3) is 10.6 Å². The Labute approximate surface area is 157 Å². The molecule has 0 atom stereocenters. The van der Waals surface area contributed by atoms with Crippen molar-refractivity contribution in [1.29, 1.82) is 0 Å². The summed E-state index contributed by atoms with van der Waals surface area (Å²) in [5, 5.41) is 2.83. The van der Waals surface area contributed by atoms with E-state index in [1.165, 1.54) is 16.9 Å². The van der Waals surface area contributed by atoms with Crippen LogP contribution in [0.2, 0.25) is 0 Å². The van der Waals surface area contributed by atoms with Gasteiger partial charge in [0.05, 0.1) is 5.69 Å². The van der Waals surface area contributed by atoms with E-state index >= 15 is 0 Å². The topological polar surface area (TPSA) is 48.4 Å². The Bertz CT molecular complexity index is 880. The lowest BCUT2D eigenvalue weighted by Gasteiger charge is -2.08. The standard InChI is InChI=1S/C21H21NO3S/c1-14-4-6-17(7-5-14)21-22-18(13-26-21)11-25-20(23)12-24-19-9-15(2)8-16(3)10-19/h4-10,13H,11-12H2,1-3H3. The minimum Gasteiger partial charge on any atom is -0.482 e. The summed E-state index contributed by atoms with van der Waals surface area (Å²) in [6, 6.07) is 14.0. The van der Waals surface area contributed by atoms with Crippen LogP contribution in [0, 0.1) is 20.8 Å². The van der Waals surface area contributed by atoms with Crippen LogP contribution in [-0.2, 0) is 16.1 Å². The molecule has 0 aliphatic rings. The number of ether oxygens (including phenoxy) is 2. The van der Waals surface area contributed by atoms with Crippen LogP contribution in [0.4, 0.5) is 0 Å². The third-order valence-corrected chi connectivity index (χ3v) is 4.72. The monoisotopic (exact) mass is 367 g/mol. The number of carbonyl (C=O) groups is 1. The van der Waals surface area contributed by atoms with Gasteiger partial charge in [-0.1, -0.05) is 35.9 Å². The quantitative estimate of drug-likeness (QED) is 0.584. The third-order valence-electron chi connectivity index (χ3n) is 3.78. The first kappa shape index (κ1) is 18.1. The van der Waals surface area contributed by atoms with Crippen LogP contribution >= 0.6 is 11.3 Å².